The maximum atomic E-state index is 12.6. The molecule has 0 aliphatic carbocycles. The Kier molecular flexibility index (Phi) is 5.04. The third-order valence-corrected chi connectivity index (χ3v) is 5.59. The third-order valence-electron chi connectivity index (χ3n) is 4.38. The van der Waals surface area contributed by atoms with Gasteiger partial charge < -0.3 is 4.90 Å². The van der Waals surface area contributed by atoms with Gasteiger partial charge in [-0.25, -0.2) is 14.7 Å². The Hall–Kier alpha value is -3.07. The monoisotopic (exact) mass is 386 g/mol. The maximum absolute atomic E-state index is 12.6. The van der Waals surface area contributed by atoms with E-state index < -0.39 is 30.3 Å². The van der Waals surface area contributed by atoms with Gasteiger partial charge >= 0.3 is 17.8 Å². The summed E-state index contributed by atoms with van der Waals surface area (Å²) in [7, 11) is 1.58. The second kappa shape index (κ2) is 7.28. The SMILES string of the molecule is C=CCN1C(=O)C(=O)N(CC(=O)N(C)[C@@H](C)c2nc3ccccc3s2)C1=O. The number of amides is 5. The highest BCUT2D eigenvalue weighted by Gasteiger charge is 2.45. The fraction of sp³-hybridized carbons (Fsp3) is 0.278. The number of imide groups is 2. The smallest absolute Gasteiger partial charge is 0.335 e. The lowest BCUT2D eigenvalue weighted by molar-refractivity contribution is -0.144. The fourth-order valence-corrected chi connectivity index (χ4v) is 3.74. The molecule has 1 aromatic carbocycles. The number of carbonyl (C=O) groups excluding carboxylic acids is 4. The average Bonchev–Trinajstić information content (AvgIpc) is 3.18. The summed E-state index contributed by atoms with van der Waals surface area (Å²) in [5, 5.41) is 0.746. The molecule has 27 heavy (non-hydrogen) atoms. The summed E-state index contributed by atoms with van der Waals surface area (Å²) in [4.78, 5) is 56.1. The van der Waals surface area contributed by atoms with Gasteiger partial charge in [-0.3, -0.25) is 19.3 Å². The molecular weight excluding hydrogens is 368 g/mol. The van der Waals surface area contributed by atoms with Crippen LogP contribution in [0, 0.1) is 0 Å². The summed E-state index contributed by atoms with van der Waals surface area (Å²) in [6.07, 6.45) is 1.34. The van der Waals surface area contributed by atoms with Crippen LogP contribution in [-0.2, 0) is 14.4 Å². The largest absolute Gasteiger partial charge is 0.335 e. The molecule has 9 heteroatoms. The van der Waals surface area contributed by atoms with Crippen LogP contribution in [0.15, 0.2) is 36.9 Å². The minimum absolute atomic E-state index is 0.0773. The van der Waals surface area contributed by atoms with E-state index in [0.717, 1.165) is 20.1 Å². The summed E-state index contributed by atoms with van der Waals surface area (Å²) in [5.74, 6) is -2.41. The highest BCUT2D eigenvalue weighted by atomic mass is 32.1. The van der Waals surface area contributed by atoms with Gasteiger partial charge in [0.25, 0.3) is 0 Å². The molecule has 1 fully saturated rings. The first kappa shape index (κ1) is 18.7. The van der Waals surface area contributed by atoms with Crippen LogP contribution in [0.2, 0.25) is 0 Å². The van der Waals surface area contributed by atoms with Gasteiger partial charge in [0.1, 0.15) is 11.6 Å². The molecular formula is C18H18N4O4S. The van der Waals surface area contributed by atoms with Gasteiger partial charge in [-0.15, -0.1) is 17.9 Å². The second-order valence-corrected chi connectivity index (χ2v) is 7.14. The van der Waals surface area contributed by atoms with Crippen molar-refractivity contribution < 1.29 is 19.2 Å². The summed E-state index contributed by atoms with van der Waals surface area (Å²) in [6, 6.07) is 6.50. The van der Waals surface area contributed by atoms with E-state index in [2.05, 4.69) is 11.6 Å². The number of fused-ring (bicyclic) bond motifs is 1. The molecule has 8 nitrogen and oxygen atoms in total. The number of likely N-dealkylation sites (N-methyl/N-ethyl adjacent to an activating group) is 1. The maximum Gasteiger partial charge on any atom is 0.335 e. The zero-order chi connectivity index (χ0) is 19.7. The van der Waals surface area contributed by atoms with Crippen molar-refractivity contribution in [2.24, 2.45) is 0 Å². The van der Waals surface area contributed by atoms with Crippen LogP contribution in [-0.4, -0.2) is 63.6 Å². The Morgan fingerprint density at radius 2 is 1.93 bits per heavy atom. The highest BCUT2D eigenvalue weighted by Crippen LogP contribution is 2.29. The Morgan fingerprint density at radius 1 is 1.26 bits per heavy atom. The van der Waals surface area contributed by atoms with Crippen molar-refractivity contribution in [3.63, 3.8) is 0 Å². The van der Waals surface area contributed by atoms with Gasteiger partial charge in [0.15, 0.2) is 0 Å². The first-order chi connectivity index (χ1) is 12.8. The van der Waals surface area contributed by atoms with Gasteiger partial charge in [-0.2, -0.15) is 0 Å². The van der Waals surface area contributed by atoms with E-state index in [4.69, 9.17) is 0 Å². The molecule has 1 aromatic heterocycles. The summed E-state index contributed by atoms with van der Waals surface area (Å²) >= 11 is 1.48. The number of nitrogens with zero attached hydrogens (tertiary/aromatic N) is 4. The fourth-order valence-electron chi connectivity index (χ4n) is 2.68. The van der Waals surface area contributed by atoms with Crippen molar-refractivity contribution in [2.75, 3.05) is 20.1 Å². The number of carbonyl (C=O) groups is 4. The molecule has 5 amide bonds. The molecule has 1 aliphatic rings. The van der Waals surface area contributed by atoms with Gasteiger partial charge in [-0.1, -0.05) is 18.2 Å². The Labute approximate surface area is 159 Å². The molecule has 1 atom stereocenters. The van der Waals surface area contributed by atoms with Crippen molar-refractivity contribution in [3.05, 3.63) is 41.9 Å². The Bertz CT molecular complexity index is 921. The van der Waals surface area contributed by atoms with E-state index in [1.807, 2.05) is 31.2 Å². The van der Waals surface area contributed by atoms with Crippen LogP contribution in [0.5, 0.6) is 0 Å². The van der Waals surface area contributed by atoms with Gasteiger partial charge in [0.2, 0.25) is 5.91 Å². The normalized spacial score (nSPS) is 15.6. The van der Waals surface area contributed by atoms with Crippen molar-refractivity contribution in [2.45, 2.75) is 13.0 Å². The quantitative estimate of drug-likeness (QED) is 0.429. The molecule has 1 aliphatic heterocycles. The van der Waals surface area contributed by atoms with E-state index in [9.17, 15) is 19.2 Å². The minimum atomic E-state index is -1.00. The Morgan fingerprint density at radius 3 is 2.59 bits per heavy atom. The lowest BCUT2D eigenvalue weighted by Crippen LogP contribution is -2.42. The number of para-hydroxylation sites is 1. The predicted octanol–water partition coefficient (Wildman–Crippen LogP) is 1.79. The molecule has 0 bridgehead atoms. The van der Waals surface area contributed by atoms with Gasteiger partial charge in [0.05, 0.1) is 16.3 Å². The minimum Gasteiger partial charge on any atom is -0.335 e. The number of benzene rings is 1. The molecule has 0 spiro atoms. The van der Waals surface area contributed by atoms with E-state index in [0.29, 0.717) is 4.90 Å². The van der Waals surface area contributed by atoms with Gasteiger partial charge in [0, 0.05) is 13.6 Å². The second-order valence-electron chi connectivity index (χ2n) is 6.08. The number of rotatable bonds is 6. The first-order valence-corrected chi connectivity index (χ1v) is 9.06. The zero-order valence-electron chi connectivity index (χ0n) is 14.9. The van der Waals surface area contributed by atoms with Crippen molar-refractivity contribution in [1.29, 1.82) is 0 Å². The number of hydrogen-bond donors (Lipinski definition) is 0. The topological polar surface area (TPSA) is 90.9 Å². The lowest BCUT2D eigenvalue weighted by atomic mass is 10.3. The summed E-state index contributed by atoms with van der Waals surface area (Å²) in [6.45, 7) is 4.69. The van der Waals surface area contributed by atoms with Crippen LogP contribution >= 0.6 is 11.3 Å². The Balaban J connectivity index is 1.73. The van der Waals surface area contributed by atoms with Crippen molar-refractivity contribution in [1.82, 2.24) is 19.7 Å². The average molecular weight is 386 g/mol. The molecule has 0 unspecified atom stereocenters. The van der Waals surface area contributed by atoms with Crippen LogP contribution in [0.25, 0.3) is 10.2 Å². The molecule has 140 valence electrons. The van der Waals surface area contributed by atoms with Gasteiger partial charge in [-0.05, 0) is 19.1 Å². The summed E-state index contributed by atoms with van der Waals surface area (Å²) < 4.78 is 1.01. The van der Waals surface area contributed by atoms with Crippen LogP contribution in [0.1, 0.15) is 18.0 Å². The van der Waals surface area contributed by atoms with E-state index in [1.165, 1.54) is 22.3 Å². The number of thiazole rings is 1. The van der Waals surface area contributed by atoms with Crippen LogP contribution < -0.4 is 0 Å². The molecule has 1 saturated heterocycles. The molecule has 2 heterocycles. The zero-order valence-corrected chi connectivity index (χ0v) is 15.7. The highest BCUT2D eigenvalue weighted by molar-refractivity contribution is 7.18. The van der Waals surface area contributed by atoms with E-state index in [1.54, 1.807) is 7.05 Å². The molecule has 3 rings (SSSR count). The van der Waals surface area contributed by atoms with E-state index >= 15 is 0 Å². The number of urea groups is 1. The van der Waals surface area contributed by atoms with E-state index in [-0.39, 0.29) is 12.6 Å². The standard InChI is InChI=1S/C18H18N4O4S/c1-4-9-21-16(24)17(25)22(18(21)26)10-14(23)20(3)11(2)15-19-12-7-5-6-8-13(12)27-15/h4-8,11H,1,9-10H2,2-3H3/t11-/m0/s1. The molecule has 0 saturated carbocycles. The molecule has 0 N–H and O–H groups in total. The van der Waals surface area contributed by atoms with Crippen molar-refractivity contribution in [3.8, 4) is 0 Å². The van der Waals surface area contributed by atoms with Crippen LogP contribution in [0.4, 0.5) is 4.79 Å². The number of aromatic nitrogens is 1. The molecule has 2 aromatic rings. The first-order valence-electron chi connectivity index (χ1n) is 8.24. The molecule has 0 radical (unpaired) electrons. The van der Waals surface area contributed by atoms with Crippen LogP contribution in [0.3, 0.4) is 0 Å². The third kappa shape index (κ3) is 3.33. The van der Waals surface area contributed by atoms with Crippen molar-refractivity contribution >= 4 is 45.3 Å². The predicted molar refractivity (Wildman–Crippen MR) is 99.8 cm³/mol. The lowest BCUT2D eigenvalue weighted by Gasteiger charge is -2.25. The number of hydrogen-bond acceptors (Lipinski definition) is 6. The summed E-state index contributed by atoms with van der Waals surface area (Å²) in [5.41, 5.74) is 0.848.